The number of hydrogen-bond acceptors (Lipinski definition) is 3. The second kappa shape index (κ2) is 3.76. The third kappa shape index (κ3) is 1.88. The van der Waals surface area contributed by atoms with Gasteiger partial charge in [-0.25, -0.2) is 0 Å². The molecule has 1 rings (SSSR count). The van der Waals surface area contributed by atoms with Crippen LogP contribution in [0.5, 0.6) is 5.88 Å². The number of hydrogen-bond donors (Lipinski definition) is 2. The first kappa shape index (κ1) is 9.33. The minimum Gasteiger partial charge on any atom is -0.494 e. The largest absolute Gasteiger partial charge is 0.494 e. The minimum absolute atomic E-state index is 0.0428. The third-order valence-electron chi connectivity index (χ3n) is 1.74. The van der Waals surface area contributed by atoms with Crippen LogP contribution < -0.4 is 5.56 Å². The lowest BCUT2D eigenvalue weighted by Gasteiger charge is -2.01. The Morgan fingerprint density at radius 3 is 2.92 bits per heavy atom. The first-order valence-electron chi connectivity index (χ1n) is 4.04. The average Bonchev–Trinajstić information content (AvgIpc) is 2.10. The monoisotopic (exact) mass is 178 g/mol. The number of H-pyrrole nitrogens is 1. The first-order chi connectivity index (χ1) is 6.19. The van der Waals surface area contributed by atoms with E-state index in [1.165, 1.54) is 6.07 Å². The lowest BCUT2D eigenvalue weighted by molar-refractivity contribution is 0.443. The molecule has 0 aliphatic carbocycles. The second-order valence-corrected chi connectivity index (χ2v) is 2.75. The molecule has 0 atom stereocenters. The summed E-state index contributed by atoms with van der Waals surface area (Å²) in [6, 6.07) is 3.19. The molecule has 0 aromatic carbocycles. The lowest BCUT2D eigenvalue weighted by Crippen LogP contribution is -2.10. The molecule has 0 aliphatic rings. The van der Waals surface area contributed by atoms with E-state index in [1.54, 1.807) is 6.07 Å². The zero-order chi connectivity index (χ0) is 9.84. The van der Waals surface area contributed by atoms with E-state index in [0.29, 0.717) is 12.0 Å². The predicted octanol–water partition coefficient (Wildman–Crippen LogP) is 0.905. The lowest BCUT2D eigenvalue weighted by atomic mass is 10.1. The summed E-state index contributed by atoms with van der Waals surface area (Å²) in [5, 5.41) is 17.8. The van der Waals surface area contributed by atoms with Crippen molar-refractivity contribution >= 4 is 0 Å². The summed E-state index contributed by atoms with van der Waals surface area (Å²) in [5.74, 6) is -0.133. The number of nitrogens with one attached hydrogen (secondary N) is 1. The maximum absolute atomic E-state index is 11.0. The molecule has 1 aromatic heterocycles. The molecule has 0 fully saturated rings. The highest BCUT2D eigenvalue weighted by Crippen LogP contribution is 2.13. The van der Waals surface area contributed by atoms with Crippen LogP contribution in [0.3, 0.4) is 0 Å². The number of aryl methyl sites for hydroxylation is 1. The van der Waals surface area contributed by atoms with E-state index in [-0.39, 0.29) is 11.4 Å². The van der Waals surface area contributed by atoms with Gasteiger partial charge in [0.15, 0.2) is 5.88 Å². The summed E-state index contributed by atoms with van der Waals surface area (Å²) in [4.78, 5) is 13.2. The molecule has 0 spiro atoms. The zero-order valence-corrected chi connectivity index (χ0v) is 7.29. The maximum Gasteiger partial charge on any atom is 0.268 e. The quantitative estimate of drug-likeness (QED) is 0.706. The molecule has 1 aromatic rings. The van der Waals surface area contributed by atoms with Gasteiger partial charge in [-0.2, -0.15) is 5.26 Å². The van der Waals surface area contributed by atoms with Crippen LogP contribution in [0.4, 0.5) is 0 Å². The minimum atomic E-state index is -0.542. The number of aromatic hydroxyl groups is 1. The van der Waals surface area contributed by atoms with Crippen molar-refractivity contribution in [1.82, 2.24) is 4.98 Å². The van der Waals surface area contributed by atoms with Crippen molar-refractivity contribution in [3.63, 3.8) is 0 Å². The van der Waals surface area contributed by atoms with E-state index in [9.17, 15) is 9.90 Å². The van der Waals surface area contributed by atoms with Crippen molar-refractivity contribution in [2.24, 2.45) is 0 Å². The molecular formula is C9H10N2O2. The van der Waals surface area contributed by atoms with Gasteiger partial charge in [0.1, 0.15) is 11.6 Å². The summed E-state index contributed by atoms with van der Waals surface area (Å²) in [6.45, 7) is 1.95. The average molecular weight is 178 g/mol. The Morgan fingerprint density at radius 1 is 1.69 bits per heavy atom. The number of pyridine rings is 1. The van der Waals surface area contributed by atoms with Gasteiger partial charge in [-0.15, -0.1) is 0 Å². The highest BCUT2D eigenvalue weighted by atomic mass is 16.3. The Kier molecular flexibility index (Phi) is 2.70. The van der Waals surface area contributed by atoms with Crippen molar-refractivity contribution in [3.05, 3.63) is 27.5 Å². The maximum atomic E-state index is 11.0. The number of nitriles is 1. The summed E-state index contributed by atoms with van der Waals surface area (Å²) in [7, 11) is 0. The molecule has 0 aliphatic heterocycles. The Balaban J connectivity index is 3.24. The van der Waals surface area contributed by atoms with Crippen molar-refractivity contribution in [3.8, 4) is 11.9 Å². The molecule has 1 heterocycles. The van der Waals surface area contributed by atoms with Gasteiger partial charge in [0.25, 0.3) is 5.56 Å². The molecule has 0 unspecified atom stereocenters. The summed E-state index contributed by atoms with van der Waals surface area (Å²) in [5.41, 5.74) is 0.111. The van der Waals surface area contributed by atoms with E-state index in [2.05, 4.69) is 4.98 Å². The van der Waals surface area contributed by atoms with Gasteiger partial charge in [0.05, 0.1) is 0 Å². The van der Waals surface area contributed by atoms with Crippen LogP contribution in [0, 0.1) is 11.3 Å². The van der Waals surface area contributed by atoms with Gasteiger partial charge in [0, 0.05) is 5.56 Å². The molecular weight excluding hydrogens is 168 g/mol. The Bertz CT molecular complexity index is 401. The van der Waals surface area contributed by atoms with Crippen LogP contribution in [-0.4, -0.2) is 10.1 Å². The van der Waals surface area contributed by atoms with Gasteiger partial charge >= 0.3 is 0 Å². The van der Waals surface area contributed by atoms with E-state index in [4.69, 9.17) is 5.26 Å². The molecule has 68 valence electrons. The number of rotatable bonds is 2. The van der Waals surface area contributed by atoms with E-state index < -0.39 is 5.56 Å². The highest BCUT2D eigenvalue weighted by molar-refractivity contribution is 5.35. The smallest absolute Gasteiger partial charge is 0.268 e. The molecule has 13 heavy (non-hydrogen) atoms. The SMILES string of the molecule is CCCc1cc(C#N)c(=O)[nH]c1O. The summed E-state index contributed by atoms with van der Waals surface area (Å²) < 4.78 is 0. The van der Waals surface area contributed by atoms with E-state index in [1.807, 2.05) is 6.92 Å². The normalized spacial score (nSPS) is 9.54. The van der Waals surface area contributed by atoms with Gasteiger partial charge in [-0.05, 0) is 12.5 Å². The van der Waals surface area contributed by atoms with Crippen molar-refractivity contribution in [2.75, 3.05) is 0 Å². The molecule has 4 heteroatoms. The molecule has 2 N–H and O–H groups in total. The van der Waals surface area contributed by atoms with Crippen LogP contribution in [-0.2, 0) is 6.42 Å². The van der Waals surface area contributed by atoms with Crippen LogP contribution >= 0.6 is 0 Å². The summed E-state index contributed by atoms with van der Waals surface area (Å²) >= 11 is 0. The van der Waals surface area contributed by atoms with Gasteiger partial charge in [0.2, 0.25) is 0 Å². The first-order valence-corrected chi connectivity index (χ1v) is 4.04. The van der Waals surface area contributed by atoms with E-state index >= 15 is 0 Å². The molecule has 4 nitrogen and oxygen atoms in total. The number of aromatic amines is 1. The molecule has 0 radical (unpaired) electrons. The predicted molar refractivity (Wildman–Crippen MR) is 47.4 cm³/mol. The number of nitrogens with zero attached hydrogens (tertiary/aromatic N) is 1. The molecule has 0 saturated heterocycles. The second-order valence-electron chi connectivity index (χ2n) is 2.75. The van der Waals surface area contributed by atoms with Gasteiger partial charge in [-0.1, -0.05) is 13.3 Å². The highest BCUT2D eigenvalue weighted by Gasteiger charge is 2.05. The van der Waals surface area contributed by atoms with Crippen molar-refractivity contribution in [2.45, 2.75) is 19.8 Å². The summed E-state index contributed by atoms with van der Waals surface area (Å²) in [6.07, 6.45) is 1.50. The topological polar surface area (TPSA) is 76.9 Å². The van der Waals surface area contributed by atoms with Crippen LogP contribution in [0.25, 0.3) is 0 Å². The van der Waals surface area contributed by atoms with Gasteiger partial charge < -0.3 is 5.11 Å². The third-order valence-corrected chi connectivity index (χ3v) is 1.74. The fourth-order valence-corrected chi connectivity index (χ4v) is 1.11. The van der Waals surface area contributed by atoms with Crippen molar-refractivity contribution in [1.29, 1.82) is 5.26 Å². The number of aromatic nitrogens is 1. The molecule has 0 saturated carbocycles. The zero-order valence-electron chi connectivity index (χ0n) is 7.29. The van der Waals surface area contributed by atoms with E-state index in [0.717, 1.165) is 6.42 Å². The van der Waals surface area contributed by atoms with Gasteiger partial charge in [-0.3, -0.25) is 9.78 Å². The van der Waals surface area contributed by atoms with Crippen LogP contribution in [0.15, 0.2) is 10.9 Å². The van der Waals surface area contributed by atoms with Crippen LogP contribution in [0.2, 0.25) is 0 Å². The van der Waals surface area contributed by atoms with Crippen molar-refractivity contribution < 1.29 is 5.11 Å². The molecule has 0 bridgehead atoms. The molecule has 0 amide bonds. The Morgan fingerprint density at radius 2 is 2.38 bits per heavy atom. The fraction of sp³-hybridized carbons (Fsp3) is 0.333. The Hall–Kier alpha value is -1.76. The van der Waals surface area contributed by atoms with Crippen LogP contribution in [0.1, 0.15) is 24.5 Å². The standard InChI is InChI=1S/C9H10N2O2/c1-2-3-6-4-7(5-10)9(13)11-8(6)12/h4H,2-3H2,1H3,(H2,11,12,13). The Labute approximate surface area is 75.5 Å². The fourth-order valence-electron chi connectivity index (χ4n) is 1.11.